The lowest BCUT2D eigenvalue weighted by Gasteiger charge is -2.10. The van der Waals surface area contributed by atoms with Crippen molar-refractivity contribution in [1.82, 2.24) is 5.32 Å². The summed E-state index contributed by atoms with van der Waals surface area (Å²) in [6.07, 6.45) is -0.244. The first-order valence-electron chi connectivity index (χ1n) is 7.34. The Labute approximate surface area is 132 Å². The van der Waals surface area contributed by atoms with Crippen LogP contribution >= 0.6 is 0 Å². The third kappa shape index (κ3) is 3.57. The average molecular weight is 313 g/mol. The molecule has 3 rings (SSSR count). The minimum atomic E-state index is -0.638. The summed E-state index contributed by atoms with van der Waals surface area (Å²) in [6.45, 7) is 0.306. The van der Waals surface area contributed by atoms with Gasteiger partial charge >= 0.3 is 0 Å². The zero-order chi connectivity index (χ0) is 16.2. The number of aliphatic hydroxyl groups is 1. The molecule has 3 aromatic rings. The monoisotopic (exact) mass is 313 g/mol. The van der Waals surface area contributed by atoms with Crippen LogP contribution in [-0.4, -0.2) is 17.6 Å². The van der Waals surface area contributed by atoms with E-state index in [0.29, 0.717) is 23.9 Å². The summed E-state index contributed by atoms with van der Waals surface area (Å²) in [5.74, 6) is -0.641. The van der Waals surface area contributed by atoms with Crippen molar-refractivity contribution in [1.29, 1.82) is 0 Å². The van der Waals surface area contributed by atoms with Gasteiger partial charge in [-0.25, -0.2) is 4.39 Å². The van der Waals surface area contributed by atoms with E-state index in [2.05, 4.69) is 5.32 Å². The van der Waals surface area contributed by atoms with Gasteiger partial charge in [0.05, 0.1) is 6.10 Å². The van der Waals surface area contributed by atoms with E-state index in [9.17, 15) is 14.3 Å². The summed E-state index contributed by atoms with van der Waals surface area (Å²) >= 11 is 0. The number of amides is 1. The van der Waals surface area contributed by atoms with E-state index in [1.165, 1.54) is 24.3 Å². The molecule has 1 unspecified atom stereocenters. The fraction of sp³-hybridized carbons (Fsp3) is 0.167. The standard InChI is InChI=1S/C18H16FNO3/c19-14-6-7-16-13(10-14)11-17(23-16)18(22)20-9-8-15(21)12-4-2-1-3-5-12/h1-7,10-11,15,21H,8-9H2,(H,20,22). The molecule has 0 spiro atoms. The predicted molar refractivity (Wildman–Crippen MR) is 84.5 cm³/mol. The lowest BCUT2D eigenvalue weighted by atomic mass is 10.1. The van der Waals surface area contributed by atoms with Crippen molar-refractivity contribution in [2.45, 2.75) is 12.5 Å². The molecule has 0 aliphatic rings. The number of hydrogen-bond acceptors (Lipinski definition) is 3. The third-order valence-electron chi connectivity index (χ3n) is 3.59. The molecule has 0 aliphatic heterocycles. The SMILES string of the molecule is O=C(NCCC(O)c1ccccc1)c1cc2cc(F)ccc2o1. The van der Waals surface area contributed by atoms with Gasteiger partial charge in [-0.2, -0.15) is 0 Å². The Kier molecular flexibility index (Phi) is 4.39. The topological polar surface area (TPSA) is 62.5 Å². The molecule has 1 heterocycles. The number of rotatable bonds is 5. The van der Waals surface area contributed by atoms with Crippen molar-refractivity contribution in [3.05, 3.63) is 71.7 Å². The van der Waals surface area contributed by atoms with Crippen LogP contribution in [0.1, 0.15) is 28.6 Å². The summed E-state index contributed by atoms with van der Waals surface area (Å²) in [6, 6.07) is 14.8. The summed E-state index contributed by atoms with van der Waals surface area (Å²) in [5, 5.41) is 13.3. The Balaban J connectivity index is 1.58. The Hall–Kier alpha value is -2.66. The summed E-state index contributed by atoms with van der Waals surface area (Å²) in [4.78, 5) is 12.0. The largest absolute Gasteiger partial charge is 0.451 e. The second kappa shape index (κ2) is 6.62. The van der Waals surface area contributed by atoms with Crippen LogP contribution in [0.2, 0.25) is 0 Å². The highest BCUT2D eigenvalue weighted by Gasteiger charge is 2.13. The molecule has 1 aromatic heterocycles. The van der Waals surface area contributed by atoms with Crippen LogP contribution in [0.5, 0.6) is 0 Å². The summed E-state index contributed by atoms with van der Waals surface area (Å²) < 4.78 is 18.5. The number of carbonyl (C=O) groups is 1. The van der Waals surface area contributed by atoms with Gasteiger partial charge in [0.15, 0.2) is 5.76 Å². The van der Waals surface area contributed by atoms with E-state index in [0.717, 1.165) is 5.56 Å². The Morgan fingerprint density at radius 2 is 1.96 bits per heavy atom. The summed E-state index contributed by atoms with van der Waals surface area (Å²) in [7, 11) is 0. The molecule has 0 saturated heterocycles. The average Bonchev–Trinajstić information content (AvgIpc) is 2.98. The molecule has 0 saturated carbocycles. The maximum absolute atomic E-state index is 13.1. The van der Waals surface area contributed by atoms with E-state index in [-0.39, 0.29) is 17.5 Å². The van der Waals surface area contributed by atoms with Gasteiger partial charge in [0.25, 0.3) is 5.91 Å². The highest BCUT2D eigenvalue weighted by atomic mass is 19.1. The zero-order valence-corrected chi connectivity index (χ0v) is 12.3. The lowest BCUT2D eigenvalue weighted by Crippen LogP contribution is -2.25. The number of fused-ring (bicyclic) bond motifs is 1. The van der Waals surface area contributed by atoms with Gasteiger partial charge in [-0.3, -0.25) is 4.79 Å². The molecule has 4 nitrogen and oxygen atoms in total. The number of aliphatic hydroxyl groups excluding tert-OH is 1. The number of carbonyl (C=O) groups excluding carboxylic acids is 1. The normalized spacial score (nSPS) is 12.3. The zero-order valence-electron chi connectivity index (χ0n) is 12.3. The Morgan fingerprint density at radius 3 is 2.74 bits per heavy atom. The van der Waals surface area contributed by atoms with Crippen LogP contribution in [0.4, 0.5) is 4.39 Å². The summed E-state index contributed by atoms with van der Waals surface area (Å²) in [5.41, 5.74) is 1.27. The van der Waals surface area contributed by atoms with Crippen LogP contribution in [-0.2, 0) is 0 Å². The predicted octanol–water partition coefficient (Wildman–Crippen LogP) is 3.43. The minimum absolute atomic E-state index is 0.125. The lowest BCUT2D eigenvalue weighted by molar-refractivity contribution is 0.0917. The first kappa shape index (κ1) is 15.2. The van der Waals surface area contributed by atoms with E-state index in [1.54, 1.807) is 0 Å². The molecule has 0 radical (unpaired) electrons. The van der Waals surface area contributed by atoms with Gasteiger partial charge in [-0.15, -0.1) is 0 Å². The van der Waals surface area contributed by atoms with Gasteiger partial charge in [-0.1, -0.05) is 30.3 Å². The molecule has 0 bridgehead atoms. The van der Waals surface area contributed by atoms with Crippen molar-refractivity contribution in [3.8, 4) is 0 Å². The smallest absolute Gasteiger partial charge is 0.287 e. The number of benzene rings is 2. The molecule has 118 valence electrons. The highest BCUT2D eigenvalue weighted by molar-refractivity contribution is 5.96. The molecule has 2 aromatic carbocycles. The molecule has 1 atom stereocenters. The van der Waals surface area contributed by atoms with Crippen LogP contribution in [0, 0.1) is 5.82 Å². The number of furan rings is 1. The molecule has 2 N–H and O–H groups in total. The fourth-order valence-corrected chi connectivity index (χ4v) is 2.38. The second-order valence-electron chi connectivity index (χ2n) is 5.26. The van der Waals surface area contributed by atoms with Gasteiger partial charge in [0.2, 0.25) is 0 Å². The molecule has 1 amide bonds. The highest BCUT2D eigenvalue weighted by Crippen LogP contribution is 2.20. The molecule has 23 heavy (non-hydrogen) atoms. The number of nitrogens with one attached hydrogen (secondary N) is 1. The van der Waals surface area contributed by atoms with Gasteiger partial charge in [0.1, 0.15) is 11.4 Å². The maximum Gasteiger partial charge on any atom is 0.287 e. The second-order valence-corrected chi connectivity index (χ2v) is 5.26. The quantitative estimate of drug-likeness (QED) is 0.758. The molecular weight excluding hydrogens is 297 g/mol. The fourth-order valence-electron chi connectivity index (χ4n) is 2.38. The minimum Gasteiger partial charge on any atom is -0.451 e. The van der Waals surface area contributed by atoms with Crippen LogP contribution in [0.15, 0.2) is 59.0 Å². The first-order chi connectivity index (χ1) is 11.1. The first-order valence-corrected chi connectivity index (χ1v) is 7.34. The molecule has 0 aliphatic carbocycles. The van der Waals surface area contributed by atoms with Crippen LogP contribution in [0.25, 0.3) is 11.0 Å². The van der Waals surface area contributed by atoms with Gasteiger partial charge in [-0.05, 0) is 36.2 Å². The van der Waals surface area contributed by atoms with E-state index in [1.807, 2.05) is 30.3 Å². The van der Waals surface area contributed by atoms with Crippen molar-refractivity contribution in [2.24, 2.45) is 0 Å². The molecule has 0 fully saturated rings. The van der Waals surface area contributed by atoms with E-state index < -0.39 is 6.10 Å². The maximum atomic E-state index is 13.1. The van der Waals surface area contributed by atoms with E-state index >= 15 is 0 Å². The number of halogens is 1. The van der Waals surface area contributed by atoms with Crippen molar-refractivity contribution < 1.29 is 18.7 Å². The van der Waals surface area contributed by atoms with Crippen molar-refractivity contribution >= 4 is 16.9 Å². The molecular formula is C18H16FNO3. The Morgan fingerprint density at radius 1 is 1.17 bits per heavy atom. The van der Waals surface area contributed by atoms with Crippen LogP contribution in [0.3, 0.4) is 0 Å². The third-order valence-corrected chi connectivity index (χ3v) is 3.59. The van der Waals surface area contributed by atoms with Crippen molar-refractivity contribution in [2.75, 3.05) is 6.54 Å². The van der Waals surface area contributed by atoms with Gasteiger partial charge < -0.3 is 14.8 Å². The van der Waals surface area contributed by atoms with E-state index in [4.69, 9.17) is 4.42 Å². The van der Waals surface area contributed by atoms with Crippen molar-refractivity contribution in [3.63, 3.8) is 0 Å². The Bertz CT molecular complexity index is 814. The molecule has 5 heteroatoms. The number of hydrogen-bond donors (Lipinski definition) is 2. The van der Waals surface area contributed by atoms with Crippen LogP contribution < -0.4 is 5.32 Å². The van der Waals surface area contributed by atoms with Gasteiger partial charge in [0, 0.05) is 11.9 Å².